The van der Waals surface area contributed by atoms with E-state index < -0.39 is 52.1 Å². The Hall–Kier alpha value is -5.34. The molecule has 0 radical (unpaired) electrons. The third-order valence-corrected chi connectivity index (χ3v) is 12.8. The molecule has 0 aromatic heterocycles. The fraction of sp³-hybridized carbons (Fsp3) is 0.465. The molecule has 4 amide bonds. The summed E-state index contributed by atoms with van der Waals surface area (Å²) in [6.07, 6.45) is 0.680. The van der Waals surface area contributed by atoms with Gasteiger partial charge >= 0.3 is 6.18 Å². The number of nitrogens with zero attached hydrogens (tertiary/aromatic N) is 4. The standard InChI is InChI=1S/C43H47F4N7O5S/c1-3-27-21-31(54-41(60)53(40(58)42(54)16-4-17-42)30-7-5-28(24-48)32(23-30)43(45,46)47)8-11-36(27)59-20-15-26-13-18-52(19-14-26)25(2)38(56)50-35-22-29(6-9-33(35)44)49-34-10-12-37(55)51-39(34)57/h5-9,11,21-23,25-26,34,41,49,60H,3-4,10,12-20H2,1-2H3,(H,50,56)(H,51,55,57)/t25-,34-,41+/m0/s1. The molecule has 7 rings (SSSR count). The number of hydrogen-bond acceptors (Lipinski definition) is 10. The van der Waals surface area contributed by atoms with Crippen LogP contribution >= 0.6 is 12.6 Å². The van der Waals surface area contributed by atoms with Crippen LogP contribution in [0, 0.1) is 23.1 Å². The van der Waals surface area contributed by atoms with Gasteiger partial charge in [-0.3, -0.25) is 34.3 Å². The molecule has 318 valence electrons. The summed E-state index contributed by atoms with van der Waals surface area (Å²) in [4.78, 5) is 56.1. The average Bonchev–Trinajstić information content (AvgIpc) is 3.45. The molecule has 3 N–H and O–H groups in total. The molecule has 12 nitrogen and oxygen atoms in total. The number of ether oxygens (including phenoxy) is 1. The third-order valence-electron chi connectivity index (χ3n) is 12.3. The van der Waals surface area contributed by atoms with Crippen molar-refractivity contribution in [2.45, 2.75) is 101 Å². The van der Waals surface area contributed by atoms with Crippen molar-refractivity contribution in [3.8, 4) is 11.8 Å². The summed E-state index contributed by atoms with van der Waals surface area (Å²) in [6.45, 7) is 5.59. The Morgan fingerprint density at radius 2 is 1.78 bits per heavy atom. The number of anilines is 4. The maximum absolute atomic E-state index is 14.7. The summed E-state index contributed by atoms with van der Waals surface area (Å²) >= 11 is 4.80. The normalized spacial score (nSPS) is 21.3. The molecular weight excluding hydrogens is 803 g/mol. The smallest absolute Gasteiger partial charge is 0.417 e. The largest absolute Gasteiger partial charge is 0.493 e. The molecule has 0 unspecified atom stereocenters. The van der Waals surface area contributed by atoms with Crippen LogP contribution in [0.4, 0.5) is 40.3 Å². The van der Waals surface area contributed by atoms with Crippen LogP contribution in [0.1, 0.15) is 81.9 Å². The van der Waals surface area contributed by atoms with Crippen molar-refractivity contribution >= 4 is 59.0 Å². The fourth-order valence-electron chi connectivity index (χ4n) is 8.62. The van der Waals surface area contributed by atoms with Crippen LogP contribution < -0.4 is 30.5 Å². The number of alkyl halides is 3. The number of halogens is 4. The highest BCUT2D eigenvalue weighted by atomic mass is 32.1. The molecule has 4 fully saturated rings. The average molecular weight is 850 g/mol. The number of carbonyl (C=O) groups is 4. The van der Waals surface area contributed by atoms with Crippen LogP contribution in [-0.2, 0) is 31.8 Å². The van der Waals surface area contributed by atoms with E-state index in [1.807, 2.05) is 30.0 Å². The lowest BCUT2D eigenvalue weighted by Gasteiger charge is -2.44. The Morgan fingerprint density at radius 3 is 2.43 bits per heavy atom. The molecule has 0 bridgehead atoms. The number of carbonyl (C=O) groups excluding carboxylic acids is 4. The summed E-state index contributed by atoms with van der Waals surface area (Å²) in [6, 6.07) is 13.5. The van der Waals surface area contributed by atoms with Gasteiger partial charge in [-0.2, -0.15) is 18.4 Å². The monoisotopic (exact) mass is 849 g/mol. The third kappa shape index (κ3) is 8.49. The molecule has 3 aliphatic heterocycles. The minimum atomic E-state index is -4.77. The molecule has 17 heteroatoms. The molecule has 3 aromatic carbocycles. The SMILES string of the molecule is CCc1cc(N2[C@H](S)N(c3ccc(C#N)c(C(F)(F)F)c3)C(=O)C23CCC3)ccc1OCCC1CCN([C@@H](C)C(=O)Nc2cc(N[C@H]3CCC(=O)NC3=O)ccc2F)CC1. The van der Waals surface area contributed by atoms with E-state index in [9.17, 15) is 42.0 Å². The summed E-state index contributed by atoms with van der Waals surface area (Å²) in [7, 11) is 0. The van der Waals surface area contributed by atoms with Crippen molar-refractivity contribution in [1.29, 1.82) is 5.26 Å². The predicted molar refractivity (Wildman–Crippen MR) is 220 cm³/mol. The second-order valence-corrected chi connectivity index (χ2v) is 16.3. The number of nitriles is 1. The maximum Gasteiger partial charge on any atom is 0.417 e. The minimum Gasteiger partial charge on any atom is -0.493 e. The van der Waals surface area contributed by atoms with E-state index in [1.165, 1.54) is 29.2 Å². The van der Waals surface area contributed by atoms with E-state index in [2.05, 4.69) is 20.9 Å². The molecular formula is C43H47F4N7O5S. The molecule has 1 saturated carbocycles. The van der Waals surface area contributed by atoms with Gasteiger partial charge in [0.15, 0.2) is 5.50 Å². The van der Waals surface area contributed by atoms with Gasteiger partial charge in [-0.15, -0.1) is 12.6 Å². The first-order chi connectivity index (χ1) is 28.6. The number of benzene rings is 3. The Bertz CT molecular complexity index is 2200. The van der Waals surface area contributed by atoms with E-state index in [-0.39, 0.29) is 35.5 Å². The minimum absolute atomic E-state index is 0.00871. The number of piperidine rings is 2. The fourth-order valence-corrected chi connectivity index (χ4v) is 9.22. The van der Waals surface area contributed by atoms with Gasteiger partial charge in [0.1, 0.15) is 23.1 Å². The van der Waals surface area contributed by atoms with Crippen LogP contribution in [0.5, 0.6) is 5.75 Å². The molecule has 3 saturated heterocycles. The Labute approximate surface area is 351 Å². The van der Waals surface area contributed by atoms with Gasteiger partial charge in [-0.25, -0.2) is 4.39 Å². The lowest BCUT2D eigenvalue weighted by molar-refractivity contribution is -0.138. The van der Waals surface area contributed by atoms with Crippen LogP contribution in [0.25, 0.3) is 0 Å². The second-order valence-electron chi connectivity index (χ2n) is 15.9. The van der Waals surface area contributed by atoms with E-state index in [0.717, 1.165) is 43.4 Å². The van der Waals surface area contributed by atoms with Gasteiger partial charge in [-0.1, -0.05) is 6.92 Å². The molecule has 3 aromatic rings. The van der Waals surface area contributed by atoms with Gasteiger partial charge < -0.3 is 20.3 Å². The van der Waals surface area contributed by atoms with Crippen molar-refractivity contribution < 1.29 is 41.5 Å². The summed E-state index contributed by atoms with van der Waals surface area (Å²) in [5.41, 5.74) is -1.37. The van der Waals surface area contributed by atoms with Crippen LogP contribution in [0.15, 0.2) is 54.6 Å². The van der Waals surface area contributed by atoms with E-state index in [4.69, 9.17) is 17.4 Å². The zero-order chi connectivity index (χ0) is 42.9. The van der Waals surface area contributed by atoms with E-state index in [1.54, 1.807) is 13.0 Å². The second kappa shape index (κ2) is 17.3. The summed E-state index contributed by atoms with van der Waals surface area (Å²) in [5, 5.41) is 17.3. The molecule has 1 spiro atoms. The van der Waals surface area contributed by atoms with E-state index in [0.29, 0.717) is 68.4 Å². The van der Waals surface area contributed by atoms with E-state index >= 15 is 0 Å². The topological polar surface area (TPSA) is 147 Å². The number of likely N-dealkylation sites (tertiary alicyclic amines) is 1. The van der Waals surface area contributed by atoms with Gasteiger partial charge in [0, 0.05) is 23.5 Å². The first-order valence-corrected chi connectivity index (χ1v) is 20.8. The van der Waals surface area contributed by atoms with Crippen LogP contribution in [0.3, 0.4) is 0 Å². The lowest BCUT2D eigenvalue weighted by atomic mass is 9.75. The number of hydrogen-bond donors (Lipinski definition) is 4. The number of nitrogens with one attached hydrogen (secondary N) is 3. The highest BCUT2D eigenvalue weighted by Crippen LogP contribution is 2.51. The first-order valence-electron chi connectivity index (χ1n) is 20.3. The molecule has 4 aliphatic rings. The van der Waals surface area contributed by atoms with Gasteiger partial charge in [0.2, 0.25) is 17.7 Å². The zero-order valence-corrected chi connectivity index (χ0v) is 34.2. The summed E-state index contributed by atoms with van der Waals surface area (Å²) < 4.78 is 62.6. The predicted octanol–water partition coefficient (Wildman–Crippen LogP) is 6.99. The lowest BCUT2D eigenvalue weighted by Crippen LogP contribution is -2.55. The quantitative estimate of drug-likeness (QED) is 0.0861. The number of aryl methyl sites for hydroxylation is 1. The van der Waals surface area contributed by atoms with Crippen molar-refractivity contribution in [3.63, 3.8) is 0 Å². The zero-order valence-electron chi connectivity index (χ0n) is 33.3. The number of imide groups is 1. The first kappa shape index (κ1) is 42.8. The van der Waals surface area contributed by atoms with Gasteiger partial charge in [0.25, 0.3) is 5.91 Å². The van der Waals surface area contributed by atoms with Crippen molar-refractivity contribution in [3.05, 3.63) is 77.1 Å². The molecule has 1 aliphatic carbocycles. The Balaban J connectivity index is 0.928. The Kier molecular flexibility index (Phi) is 12.4. The number of amides is 4. The number of thiol groups is 1. The van der Waals surface area contributed by atoms with Crippen molar-refractivity contribution in [2.75, 3.05) is 40.1 Å². The maximum atomic E-state index is 14.7. The highest BCUT2D eigenvalue weighted by Gasteiger charge is 2.60. The number of rotatable bonds is 12. The molecule has 3 heterocycles. The highest BCUT2D eigenvalue weighted by molar-refractivity contribution is 7.81. The van der Waals surface area contributed by atoms with Crippen molar-refractivity contribution in [2.24, 2.45) is 5.92 Å². The van der Waals surface area contributed by atoms with Gasteiger partial charge in [0.05, 0.1) is 35.5 Å². The van der Waals surface area contributed by atoms with Crippen molar-refractivity contribution in [1.82, 2.24) is 10.2 Å². The van der Waals surface area contributed by atoms with Gasteiger partial charge in [-0.05, 0) is 137 Å². The Morgan fingerprint density at radius 1 is 1.05 bits per heavy atom. The van der Waals surface area contributed by atoms with Crippen LogP contribution in [0.2, 0.25) is 0 Å². The molecule has 60 heavy (non-hydrogen) atoms. The van der Waals surface area contributed by atoms with Crippen LogP contribution in [-0.4, -0.2) is 71.3 Å². The summed E-state index contributed by atoms with van der Waals surface area (Å²) in [5.74, 6) is -1.02. The molecule has 3 atom stereocenters.